The molecule has 4 rings (SSSR count). The highest BCUT2D eigenvalue weighted by Gasteiger charge is 2.33. The van der Waals surface area contributed by atoms with E-state index in [1.54, 1.807) is 56.3 Å². The molecular weight excluding hydrogens is 506 g/mol. The molecule has 1 aromatic heterocycles. The molecular formula is C25H22ClN3O6S. The molecule has 1 unspecified atom stereocenters. The third kappa shape index (κ3) is 5.01. The normalized spacial score (nSPS) is 15.4. The second-order valence-corrected chi connectivity index (χ2v) is 9.51. The fraction of sp³-hybridized carbons (Fsp3) is 0.240. The highest BCUT2D eigenvalue weighted by atomic mass is 35.5. The molecule has 9 nitrogen and oxygen atoms in total. The molecule has 3 aromatic rings. The minimum Gasteiger partial charge on any atom is -0.460 e. The van der Waals surface area contributed by atoms with Crippen LogP contribution in [0.25, 0.3) is 6.08 Å². The summed E-state index contributed by atoms with van der Waals surface area (Å²) in [5.41, 5.74) is 1.94. The fourth-order valence-electron chi connectivity index (χ4n) is 3.90. The molecule has 2 heterocycles. The summed E-state index contributed by atoms with van der Waals surface area (Å²) < 4.78 is 12.1. The van der Waals surface area contributed by atoms with Gasteiger partial charge in [0.15, 0.2) is 4.80 Å². The first kappa shape index (κ1) is 25.5. The maximum atomic E-state index is 13.6. The van der Waals surface area contributed by atoms with E-state index < -0.39 is 16.9 Å². The zero-order valence-electron chi connectivity index (χ0n) is 19.7. The summed E-state index contributed by atoms with van der Waals surface area (Å²) in [4.78, 5) is 42.5. The van der Waals surface area contributed by atoms with E-state index in [-0.39, 0.29) is 30.0 Å². The number of esters is 1. The van der Waals surface area contributed by atoms with Gasteiger partial charge in [-0.2, -0.15) is 0 Å². The van der Waals surface area contributed by atoms with Crippen LogP contribution in [0.15, 0.2) is 63.5 Å². The second-order valence-electron chi connectivity index (χ2n) is 8.07. The number of nitro groups is 1. The van der Waals surface area contributed by atoms with E-state index in [4.69, 9.17) is 21.1 Å². The van der Waals surface area contributed by atoms with Crippen LogP contribution in [-0.2, 0) is 14.3 Å². The lowest BCUT2D eigenvalue weighted by molar-refractivity contribution is -0.385. The van der Waals surface area contributed by atoms with Crippen molar-refractivity contribution >= 4 is 40.7 Å². The number of hydrogen-bond acceptors (Lipinski definition) is 8. The Morgan fingerprint density at radius 1 is 1.22 bits per heavy atom. The molecule has 0 amide bonds. The lowest BCUT2D eigenvalue weighted by Crippen LogP contribution is -2.40. The van der Waals surface area contributed by atoms with E-state index in [0.717, 1.165) is 11.3 Å². The number of benzene rings is 2. The minimum atomic E-state index is -0.789. The highest BCUT2D eigenvalue weighted by molar-refractivity contribution is 7.07. The summed E-state index contributed by atoms with van der Waals surface area (Å²) >= 11 is 7.22. The van der Waals surface area contributed by atoms with E-state index in [0.29, 0.717) is 36.7 Å². The van der Waals surface area contributed by atoms with Gasteiger partial charge in [-0.25, -0.2) is 9.79 Å². The van der Waals surface area contributed by atoms with E-state index in [1.807, 2.05) is 0 Å². The average Bonchev–Trinajstić information content (AvgIpc) is 3.14. The van der Waals surface area contributed by atoms with Gasteiger partial charge in [0.05, 0.1) is 33.4 Å². The largest absolute Gasteiger partial charge is 0.460 e. The van der Waals surface area contributed by atoms with Crippen molar-refractivity contribution in [2.24, 2.45) is 4.99 Å². The predicted molar refractivity (Wildman–Crippen MR) is 136 cm³/mol. The number of nitro benzene ring substituents is 1. The van der Waals surface area contributed by atoms with Crippen LogP contribution < -0.4 is 14.9 Å². The van der Waals surface area contributed by atoms with E-state index in [2.05, 4.69) is 4.99 Å². The topological polar surface area (TPSA) is 113 Å². The van der Waals surface area contributed by atoms with Crippen LogP contribution in [0.2, 0.25) is 5.02 Å². The molecule has 0 saturated carbocycles. The Morgan fingerprint density at radius 2 is 1.94 bits per heavy atom. The average molecular weight is 528 g/mol. The Balaban J connectivity index is 1.88. The molecule has 0 saturated heterocycles. The quantitative estimate of drug-likeness (QED) is 0.202. The smallest absolute Gasteiger partial charge is 0.338 e. The van der Waals surface area contributed by atoms with E-state index in [1.165, 1.54) is 17.7 Å². The molecule has 0 bridgehead atoms. The zero-order valence-corrected chi connectivity index (χ0v) is 21.3. The van der Waals surface area contributed by atoms with E-state index >= 15 is 0 Å². The number of rotatable bonds is 7. The van der Waals surface area contributed by atoms with Crippen LogP contribution >= 0.6 is 22.9 Å². The second kappa shape index (κ2) is 10.6. The predicted octanol–water partition coefficient (Wildman–Crippen LogP) is 3.29. The van der Waals surface area contributed by atoms with Crippen LogP contribution in [0.1, 0.15) is 29.7 Å². The van der Waals surface area contributed by atoms with Gasteiger partial charge in [-0.1, -0.05) is 47.2 Å². The van der Waals surface area contributed by atoms with Gasteiger partial charge in [-0.05, 0) is 43.2 Å². The number of fused-ring (bicyclic) bond motifs is 1. The van der Waals surface area contributed by atoms with Crippen LogP contribution in [0, 0.1) is 17.0 Å². The molecule has 186 valence electrons. The van der Waals surface area contributed by atoms with Crippen molar-refractivity contribution in [3.8, 4) is 0 Å². The van der Waals surface area contributed by atoms with Gasteiger partial charge in [-0.15, -0.1) is 0 Å². The molecule has 0 aliphatic carbocycles. The Kier molecular flexibility index (Phi) is 7.48. The van der Waals surface area contributed by atoms with Gasteiger partial charge in [0.2, 0.25) is 0 Å². The summed E-state index contributed by atoms with van der Waals surface area (Å²) in [6.45, 7) is 3.62. The molecule has 1 atom stereocenters. The van der Waals surface area contributed by atoms with Gasteiger partial charge in [0, 0.05) is 23.8 Å². The number of hydrogen-bond donors (Lipinski definition) is 0. The lowest BCUT2D eigenvalue weighted by atomic mass is 9.96. The first-order valence-corrected chi connectivity index (χ1v) is 12.1. The van der Waals surface area contributed by atoms with Crippen molar-refractivity contribution in [3.63, 3.8) is 0 Å². The van der Waals surface area contributed by atoms with Crippen LogP contribution in [-0.4, -0.2) is 35.8 Å². The summed E-state index contributed by atoms with van der Waals surface area (Å²) in [6.07, 6.45) is 1.59. The minimum absolute atomic E-state index is 0.0347. The first-order valence-electron chi connectivity index (χ1n) is 10.9. The maximum absolute atomic E-state index is 13.6. The number of carbonyl (C=O) groups excluding carboxylic acids is 1. The molecule has 36 heavy (non-hydrogen) atoms. The van der Waals surface area contributed by atoms with Gasteiger partial charge in [0.25, 0.3) is 11.2 Å². The SMILES string of the molecule is COCCOC(=O)C1=C(C)N=c2sc(=Cc3ccc(C)c([N+](=O)[O-])c3)c(=O)n2C1c1ccc(Cl)cc1. The van der Waals surface area contributed by atoms with Crippen molar-refractivity contribution in [2.75, 3.05) is 20.3 Å². The van der Waals surface area contributed by atoms with Crippen LogP contribution in [0.4, 0.5) is 5.69 Å². The third-order valence-electron chi connectivity index (χ3n) is 5.68. The first-order chi connectivity index (χ1) is 17.2. The molecule has 0 fully saturated rings. The number of ether oxygens (including phenoxy) is 2. The van der Waals surface area contributed by atoms with Crippen molar-refractivity contribution < 1.29 is 19.2 Å². The number of methoxy groups -OCH3 is 1. The molecule has 1 aliphatic rings. The van der Waals surface area contributed by atoms with Crippen molar-refractivity contribution in [2.45, 2.75) is 19.9 Å². The molecule has 0 N–H and O–H groups in total. The summed E-state index contributed by atoms with van der Waals surface area (Å²) in [5, 5.41) is 11.9. The highest BCUT2D eigenvalue weighted by Crippen LogP contribution is 2.31. The summed E-state index contributed by atoms with van der Waals surface area (Å²) in [7, 11) is 1.50. The van der Waals surface area contributed by atoms with Gasteiger partial charge in [-0.3, -0.25) is 19.5 Å². The number of aromatic nitrogens is 1. The molecule has 0 radical (unpaired) electrons. The Bertz CT molecular complexity index is 1560. The van der Waals surface area contributed by atoms with Crippen molar-refractivity contribution in [1.82, 2.24) is 4.57 Å². The number of aryl methyl sites for hydroxylation is 1. The summed E-state index contributed by atoms with van der Waals surface area (Å²) in [5.74, 6) is -0.600. The zero-order chi connectivity index (χ0) is 26.0. The lowest BCUT2D eigenvalue weighted by Gasteiger charge is -2.24. The number of thiazole rings is 1. The number of allylic oxidation sites excluding steroid dienone is 1. The Hall–Kier alpha value is -3.60. The monoisotopic (exact) mass is 527 g/mol. The van der Waals surface area contributed by atoms with Gasteiger partial charge in [0.1, 0.15) is 6.61 Å². The van der Waals surface area contributed by atoms with Crippen LogP contribution in [0.3, 0.4) is 0 Å². The number of carbonyl (C=O) groups is 1. The van der Waals surface area contributed by atoms with Crippen molar-refractivity contribution in [3.05, 3.63) is 105 Å². The van der Waals surface area contributed by atoms with Gasteiger partial charge < -0.3 is 9.47 Å². The van der Waals surface area contributed by atoms with Crippen molar-refractivity contribution in [1.29, 1.82) is 0 Å². The molecule has 2 aromatic carbocycles. The Morgan fingerprint density at radius 3 is 2.61 bits per heavy atom. The molecule has 11 heteroatoms. The molecule has 1 aliphatic heterocycles. The number of nitrogens with zero attached hydrogens (tertiary/aromatic N) is 3. The Labute approximate surface area is 214 Å². The van der Waals surface area contributed by atoms with Gasteiger partial charge >= 0.3 is 5.97 Å². The standard InChI is InChI=1S/C25H22ClN3O6S/c1-14-4-5-16(12-19(14)29(32)33)13-20-23(30)28-22(17-6-8-18(26)9-7-17)21(15(2)27-25(28)36-20)24(31)35-11-10-34-3/h4-9,12-13,22H,10-11H2,1-3H3. The van der Waals surface area contributed by atoms with E-state index in [9.17, 15) is 19.7 Å². The summed E-state index contributed by atoms with van der Waals surface area (Å²) in [6, 6.07) is 10.8. The number of halogens is 1. The maximum Gasteiger partial charge on any atom is 0.338 e. The molecule has 0 spiro atoms. The third-order valence-corrected chi connectivity index (χ3v) is 6.91. The fourth-order valence-corrected chi connectivity index (χ4v) is 5.08. The van der Waals surface area contributed by atoms with Crippen LogP contribution in [0.5, 0.6) is 0 Å².